The van der Waals surface area contributed by atoms with Crippen LogP contribution >= 0.6 is 0 Å². The first-order chi connectivity index (χ1) is 5.11. The Labute approximate surface area is 68.9 Å². The second-order valence-electron chi connectivity index (χ2n) is 2.82. The molecule has 0 aliphatic carbocycles. The van der Waals surface area contributed by atoms with Crippen LogP contribution in [0, 0.1) is 0 Å². The Morgan fingerprint density at radius 2 is 2.18 bits per heavy atom. The summed E-state index contributed by atoms with van der Waals surface area (Å²) in [6, 6.07) is 0. The maximum atomic E-state index is 9.43. The van der Waals surface area contributed by atoms with Gasteiger partial charge in [-0.05, 0) is 19.8 Å². The van der Waals surface area contributed by atoms with E-state index < -0.39 is 6.10 Å². The first-order valence-electron chi connectivity index (χ1n) is 3.99. The molecule has 0 saturated carbocycles. The Morgan fingerprint density at radius 3 is 2.55 bits per heavy atom. The van der Waals surface area contributed by atoms with E-state index in [1.165, 1.54) is 0 Å². The van der Waals surface area contributed by atoms with Crippen molar-refractivity contribution in [2.45, 2.75) is 38.9 Å². The van der Waals surface area contributed by atoms with E-state index in [4.69, 9.17) is 4.74 Å². The van der Waals surface area contributed by atoms with Gasteiger partial charge in [-0.1, -0.05) is 19.1 Å². The molecule has 0 saturated heterocycles. The number of hydrogen-bond acceptors (Lipinski definition) is 2. The minimum absolute atomic E-state index is 0.0988. The number of aliphatic hydroxyl groups excluding tert-OH is 1. The van der Waals surface area contributed by atoms with E-state index in [2.05, 4.69) is 6.58 Å². The van der Waals surface area contributed by atoms with Crippen molar-refractivity contribution in [1.82, 2.24) is 0 Å². The molecule has 0 amide bonds. The maximum Gasteiger partial charge on any atom is 0.0835 e. The van der Waals surface area contributed by atoms with Crippen LogP contribution in [0.1, 0.15) is 26.7 Å². The predicted molar refractivity (Wildman–Crippen MR) is 46.5 cm³/mol. The van der Waals surface area contributed by atoms with E-state index in [-0.39, 0.29) is 6.10 Å². The zero-order chi connectivity index (χ0) is 8.85. The van der Waals surface area contributed by atoms with Crippen LogP contribution in [0.25, 0.3) is 0 Å². The fraction of sp³-hybridized carbons (Fsp3) is 0.778. The third kappa shape index (κ3) is 4.17. The molecule has 0 aromatic carbocycles. The van der Waals surface area contributed by atoms with Gasteiger partial charge >= 0.3 is 0 Å². The molecule has 11 heavy (non-hydrogen) atoms. The van der Waals surface area contributed by atoms with Gasteiger partial charge in [0.1, 0.15) is 0 Å². The van der Waals surface area contributed by atoms with Gasteiger partial charge in [0, 0.05) is 7.11 Å². The monoisotopic (exact) mass is 158 g/mol. The molecule has 0 aliphatic rings. The molecule has 2 nitrogen and oxygen atoms in total. The number of methoxy groups -OCH3 is 1. The Bertz CT molecular complexity index is 121. The smallest absolute Gasteiger partial charge is 0.0835 e. The van der Waals surface area contributed by atoms with Crippen molar-refractivity contribution < 1.29 is 9.84 Å². The lowest BCUT2D eigenvalue weighted by Gasteiger charge is -2.17. The number of ether oxygens (including phenoxy) is 1. The molecule has 1 N–H and O–H groups in total. The highest BCUT2D eigenvalue weighted by Crippen LogP contribution is 2.10. The van der Waals surface area contributed by atoms with Crippen LogP contribution in [0.4, 0.5) is 0 Å². The summed E-state index contributed by atoms with van der Waals surface area (Å²) in [5.74, 6) is 0. The second-order valence-corrected chi connectivity index (χ2v) is 2.82. The van der Waals surface area contributed by atoms with E-state index in [9.17, 15) is 5.11 Å². The highest BCUT2D eigenvalue weighted by atomic mass is 16.5. The van der Waals surface area contributed by atoms with Gasteiger partial charge in [-0.3, -0.25) is 0 Å². The second kappa shape index (κ2) is 5.33. The molecule has 0 spiro atoms. The topological polar surface area (TPSA) is 29.5 Å². The molecule has 0 aromatic rings. The SMILES string of the molecule is C=C(CC)CC(O)C(C)OC. The first kappa shape index (κ1) is 10.7. The average molecular weight is 158 g/mol. The van der Waals surface area contributed by atoms with Crippen LogP contribution in [0.3, 0.4) is 0 Å². The van der Waals surface area contributed by atoms with Crippen LogP contribution in [0.15, 0.2) is 12.2 Å². The normalized spacial score (nSPS) is 16.0. The van der Waals surface area contributed by atoms with Crippen molar-refractivity contribution in [2.24, 2.45) is 0 Å². The van der Waals surface area contributed by atoms with E-state index in [0.29, 0.717) is 6.42 Å². The largest absolute Gasteiger partial charge is 0.390 e. The Kier molecular flexibility index (Phi) is 5.16. The molecule has 0 aromatic heterocycles. The van der Waals surface area contributed by atoms with Crippen molar-refractivity contribution in [3.05, 3.63) is 12.2 Å². The van der Waals surface area contributed by atoms with Crippen LogP contribution in [0.2, 0.25) is 0 Å². The van der Waals surface area contributed by atoms with Crippen molar-refractivity contribution >= 4 is 0 Å². The van der Waals surface area contributed by atoms with Crippen LogP contribution in [-0.4, -0.2) is 24.4 Å². The third-order valence-electron chi connectivity index (χ3n) is 1.91. The average Bonchev–Trinajstić information content (AvgIpc) is 2.02. The van der Waals surface area contributed by atoms with Crippen molar-refractivity contribution in [3.63, 3.8) is 0 Å². The third-order valence-corrected chi connectivity index (χ3v) is 1.91. The fourth-order valence-electron chi connectivity index (χ4n) is 0.763. The fourth-order valence-corrected chi connectivity index (χ4v) is 0.763. The Balaban J connectivity index is 3.67. The molecule has 0 aliphatic heterocycles. The summed E-state index contributed by atoms with van der Waals surface area (Å²) in [6.07, 6.45) is 1.06. The van der Waals surface area contributed by atoms with Crippen molar-refractivity contribution in [3.8, 4) is 0 Å². The van der Waals surface area contributed by atoms with Gasteiger partial charge in [0.2, 0.25) is 0 Å². The molecular formula is C9H18O2. The maximum absolute atomic E-state index is 9.43. The van der Waals surface area contributed by atoms with Gasteiger partial charge in [0.05, 0.1) is 12.2 Å². The van der Waals surface area contributed by atoms with Gasteiger partial charge in [0.15, 0.2) is 0 Å². The molecule has 0 rings (SSSR count). The van der Waals surface area contributed by atoms with Gasteiger partial charge < -0.3 is 9.84 Å². The van der Waals surface area contributed by atoms with Gasteiger partial charge in [-0.15, -0.1) is 0 Å². The zero-order valence-electron chi connectivity index (χ0n) is 7.63. The molecule has 66 valence electrons. The lowest BCUT2D eigenvalue weighted by Crippen LogP contribution is -2.24. The van der Waals surface area contributed by atoms with E-state index in [1.54, 1.807) is 7.11 Å². The predicted octanol–water partition coefficient (Wildman–Crippen LogP) is 1.74. The summed E-state index contributed by atoms with van der Waals surface area (Å²) in [4.78, 5) is 0. The van der Waals surface area contributed by atoms with Gasteiger partial charge in [-0.2, -0.15) is 0 Å². The highest BCUT2D eigenvalue weighted by molar-refractivity contribution is 4.95. The van der Waals surface area contributed by atoms with Crippen LogP contribution in [-0.2, 0) is 4.74 Å². The summed E-state index contributed by atoms with van der Waals surface area (Å²) in [6.45, 7) is 7.70. The minimum atomic E-state index is -0.410. The van der Waals surface area contributed by atoms with Gasteiger partial charge in [-0.25, -0.2) is 0 Å². The molecule has 2 heteroatoms. The highest BCUT2D eigenvalue weighted by Gasteiger charge is 2.13. The lowest BCUT2D eigenvalue weighted by atomic mass is 10.0. The molecule has 2 atom stereocenters. The van der Waals surface area contributed by atoms with E-state index >= 15 is 0 Å². The summed E-state index contributed by atoms with van der Waals surface area (Å²) in [7, 11) is 1.60. The summed E-state index contributed by atoms with van der Waals surface area (Å²) in [5.41, 5.74) is 1.07. The Morgan fingerprint density at radius 1 is 1.64 bits per heavy atom. The molecule has 0 radical (unpaired) electrons. The van der Waals surface area contributed by atoms with Crippen LogP contribution < -0.4 is 0 Å². The molecule has 0 heterocycles. The number of hydrogen-bond donors (Lipinski definition) is 1. The number of aliphatic hydroxyl groups is 1. The molecular weight excluding hydrogens is 140 g/mol. The van der Waals surface area contributed by atoms with Gasteiger partial charge in [0.25, 0.3) is 0 Å². The standard InChI is InChI=1S/C9H18O2/c1-5-7(2)6-9(10)8(3)11-4/h8-10H,2,5-6H2,1,3-4H3. The molecule has 0 bridgehead atoms. The Hall–Kier alpha value is -0.340. The van der Waals surface area contributed by atoms with E-state index in [1.807, 2.05) is 13.8 Å². The zero-order valence-corrected chi connectivity index (χ0v) is 7.63. The lowest BCUT2D eigenvalue weighted by molar-refractivity contribution is 0.000213. The van der Waals surface area contributed by atoms with Crippen molar-refractivity contribution in [1.29, 1.82) is 0 Å². The minimum Gasteiger partial charge on any atom is -0.390 e. The molecule has 0 fully saturated rings. The molecule has 2 unspecified atom stereocenters. The first-order valence-corrected chi connectivity index (χ1v) is 3.99. The quantitative estimate of drug-likeness (QED) is 0.617. The van der Waals surface area contributed by atoms with Crippen LogP contribution in [0.5, 0.6) is 0 Å². The summed E-state index contributed by atoms with van der Waals surface area (Å²) < 4.78 is 4.97. The number of rotatable bonds is 5. The van der Waals surface area contributed by atoms with E-state index in [0.717, 1.165) is 12.0 Å². The van der Waals surface area contributed by atoms with Crippen molar-refractivity contribution in [2.75, 3.05) is 7.11 Å². The summed E-state index contributed by atoms with van der Waals surface area (Å²) in [5, 5.41) is 9.43. The summed E-state index contributed by atoms with van der Waals surface area (Å²) >= 11 is 0.